The molecule has 0 amide bonds. The Morgan fingerprint density at radius 1 is 0.692 bits per heavy atom. The minimum absolute atomic E-state index is 0.297. The van der Waals surface area contributed by atoms with Gasteiger partial charge in [-0.3, -0.25) is 0 Å². The van der Waals surface area contributed by atoms with E-state index in [0.717, 1.165) is 37.7 Å². The Hall–Kier alpha value is -1.34. The summed E-state index contributed by atoms with van der Waals surface area (Å²) in [6, 6.07) is 7.35. The standard InChI is InChI=1S/C20H32N2O4/c23-17(13-21-9-1-2-10-21)15-25-19-5-7-20(8-6-19)26-16-18(24)14-22-11-3-4-12-22/h5-8,17-18,23-24H,1-4,9-16H2/t17-,18+. The molecule has 0 aliphatic carbocycles. The molecule has 1 aromatic rings. The van der Waals surface area contributed by atoms with Crippen molar-refractivity contribution < 1.29 is 19.7 Å². The Labute approximate surface area is 156 Å². The van der Waals surface area contributed by atoms with E-state index in [9.17, 15) is 10.2 Å². The number of benzene rings is 1. The molecule has 2 N–H and O–H groups in total. The fourth-order valence-corrected chi connectivity index (χ4v) is 3.65. The van der Waals surface area contributed by atoms with Gasteiger partial charge in [0.15, 0.2) is 0 Å². The summed E-state index contributed by atoms with van der Waals surface area (Å²) >= 11 is 0. The molecule has 2 heterocycles. The van der Waals surface area contributed by atoms with Crippen molar-refractivity contribution in [3.8, 4) is 11.5 Å². The van der Waals surface area contributed by atoms with Crippen LogP contribution in [0.5, 0.6) is 11.5 Å². The largest absolute Gasteiger partial charge is 0.491 e. The first-order chi connectivity index (χ1) is 12.7. The number of aliphatic hydroxyl groups is 2. The second-order valence-corrected chi connectivity index (χ2v) is 7.42. The Balaban J connectivity index is 1.33. The number of likely N-dealkylation sites (tertiary alicyclic amines) is 2. The quantitative estimate of drug-likeness (QED) is 0.654. The monoisotopic (exact) mass is 364 g/mol. The van der Waals surface area contributed by atoms with Gasteiger partial charge in [0.25, 0.3) is 0 Å². The summed E-state index contributed by atoms with van der Waals surface area (Å²) in [7, 11) is 0. The van der Waals surface area contributed by atoms with Gasteiger partial charge in [0.05, 0.1) is 0 Å². The number of β-amino-alcohol motifs (C(OH)–C–C–N with tert-alkyl or cyclic N) is 2. The molecule has 1 aromatic carbocycles. The van der Waals surface area contributed by atoms with E-state index < -0.39 is 12.2 Å². The Kier molecular flexibility index (Phi) is 7.55. The number of aliphatic hydroxyl groups excluding tert-OH is 2. The predicted molar refractivity (Wildman–Crippen MR) is 101 cm³/mol. The molecule has 0 saturated carbocycles. The Morgan fingerprint density at radius 2 is 1.04 bits per heavy atom. The first-order valence-corrected chi connectivity index (χ1v) is 9.85. The minimum Gasteiger partial charge on any atom is -0.491 e. The maximum absolute atomic E-state index is 10.1. The van der Waals surface area contributed by atoms with E-state index in [1.807, 2.05) is 24.3 Å². The van der Waals surface area contributed by atoms with Crippen molar-refractivity contribution in [3.05, 3.63) is 24.3 Å². The third-order valence-electron chi connectivity index (χ3n) is 5.04. The lowest BCUT2D eigenvalue weighted by molar-refractivity contribution is 0.0743. The van der Waals surface area contributed by atoms with Crippen molar-refractivity contribution in [2.45, 2.75) is 37.9 Å². The molecule has 146 valence electrons. The number of ether oxygens (including phenoxy) is 2. The van der Waals surface area contributed by atoms with Gasteiger partial charge in [0.2, 0.25) is 0 Å². The van der Waals surface area contributed by atoms with Gasteiger partial charge in [-0.2, -0.15) is 0 Å². The van der Waals surface area contributed by atoms with Crippen LogP contribution in [0.25, 0.3) is 0 Å². The lowest BCUT2D eigenvalue weighted by Gasteiger charge is -2.20. The van der Waals surface area contributed by atoms with Gasteiger partial charge in [-0.25, -0.2) is 0 Å². The van der Waals surface area contributed by atoms with Crippen molar-refractivity contribution in [3.63, 3.8) is 0 Å². The third kappa shape index (κ3) is 6.43. The van der Waals surface area contributed by atoms with E-state index >= 15 is 0 Å². The van der Waals surface area contributed by atoms with Crippen LogP contribution in [0, 0.1) is 0 Å². The zero-order valence-electron chi connectivity index (χ0n) is 15.6. The minimum atomic E-state index is -0.468. The molecular weight excluding hydrogens is 332 g/mol. The zero-order chi connectivity index (χ0) is 18.2. The van der Waals surface area contributed by atoms with Crippen molar-refractivity contribution in [1.29, 1.82) is 0 Å². The van der Waals surface area contributed by atoms with Crippen LogP contribution in [0.15, 0.2) is 24.3 Å². The van der Waals surface area contributed by atoms with Crippen molar-refractivity contribution in [2.24, 2.45) is 0 Å². The van der Waals surface area contributed by atoms with Gasteiger partial charge >= 0.3 is 0 Å². The summed E-state index contributed by atoms with van der Waals surface area (Å²) in [5.74, 6) is 1.44. The van der Waals surface area contributed by atoms with Crippen LogP contribution >= 0.6 is 0 Å². The fourth-order valence-electron chi connectivity index (χ4n) is 3.65. The van der Waals surface area contributed by atoms with Gasteiger partial charge in [0, 0.05) is 13.1 Å². The number of rotatable bonds is 10. The highest BCUT2D eigenvalue weighted by molar-refractivity contribution is 5.31. The summed E-state index contributed by atoms with van der Waals surface area (Å²) in [4.78, 5) is 4.55. The molecule has 26 heavy (non-hydrogen) atoms. The van der Waals surface area contributed by atoms with Gasteiger partial charge < -0.3 is 29.5 Å². The molecule has 2 saturated heterocycles. The molecule has 0 aromatic heterocycles. The fraction of sp³-hybridized carbons (Fsp3) is 0.700. The number of nitrogens with zero attached hydrogens (tertiary/aromatic N) is 2. The van der Waals surface area contributed by atoms with E-state index in [0.29, 0.717) is 26.3 Å². The average molecular weight is 364 g/mol. The first kappa shape index (κ1) is 19.4. The van der Waals surface area contributed by atoms with Crippen molar-refractivity contribution in [2.75, 3.05) is 52.5 Å². The lowest BCUT2D eigenvalue weighted by atomic mass is 10.3. The molecule has 0 radical (unpaired) electrons. The maximum atomic E-state index is 10.1. The second kappa shape index (κ2) is 10.1. The van der Waals surface area contributed by atoms with Crippen LogP contribution in [0.4, 0.5) is 0 Å². The average Bonchev–Trinajstić information content (AvgIpc) is 3.33. The van der Waals surface area contributed by atoms with Gasteiger partial charge in [-0.1, -0.05) is 0 Å². The van der Waals surface area contributed by atoms with Crippen LogP contribution in [0.3, 0.4) is 0 Å². The van der Waals surface area contributed by atoms with Crippen LogP contribution in [0.2, 0.25) is 0 Å². The third-order valence-corrected chi connectivity index (χ3v) is 5.04. The van der Waals surface area contributed by atoms with E-state index in [1.54, 1.807) is 0 Å². The van der Waals surface area contributed by atoms with Gasteiger partial charge in [0.1, 0.15) is 36.9 Å². The molecule has 0 unspecified atom stereocenters. The number of hydrogen-bond donors (Lipinski definition) is 2. The van der Waals surface area contributed by atoms with Crippen LogP contribution in [0.1, 0.15) is 25.7 Å². The van der Waals surface area contributed by atoms with E-state index in [2.05, 4.69) is 9.80 Å². The highest BCUT2D eigenvalue weighted by atomic mass is 16.5. The lowest BCUT2D eigenvalue weighted by Crippen LogP contribution is -2.33. The predicted octanol–water partition coefficient (Wildman–Crippen LogP) is 1.36. The van der Waals surface area contributed by atoms with Gasteiger partial charge in [-0.15, -0.1) is 0 Å². The molecule has 0 bridgehead atoms. The van der Waals surface area contributed by atoms with Crippen LogP contribution in [-0.2, 0) is 0 Å². The summed E-state index contributed by atoms with van der Waals surface area (Å²) < 4.78 is 11.3. The molecule has 6 nitrogen and oxygen atoms in total. The molecule has 2 aliphatic rings. The first-order valence-electron chi connectivity index (χ1n) is 9.85. The Bertz CT molecular complexity index is 466. The molecule has 2 fully saturated rings. The van der Waals surface area contributed by atoms with Crippen molar-refractivity contribution in [1.82, 2.24) is 9.80 Å². The normalized spacial score (nSPS) is 21.0. The topological polar surface area (TPSA) is 65.4 Å². The molecule has 3 rings (SSSR count). The highest BCUT2D eigenvalue weighted by Gasteiger charge is 2.17. The molecule has 6 heteroatoms. The highest BCUT2D eigenvalue weighted by Crippen LogP contribution is 2.18. The zero-order valence-corrected chi connectivity index (χ0v) is 15.6. The van der Waals surface area contributed by atoms with Crippen LogP contribution in [-0.4, -0.2) is 84.7 Å². The smallest absolute Gasteiger partial charge is 0.119 e. The molecular formula is C20H32N2O4. The summed E-state index contributed by atoms with van der Waals surface area (Å²) in [6.07, 6.45) is 3.96. The maximum Gasteiger partial charge on any atom is 0.119 e. The van der Waals surface area contributed by atoms with Crippen molar-refractivity contribution >= 4 is 0 Å². The SMILES string of the molecule is O[C@H](COc1ccc(OC[C@H](O)CN2CCCC2)cc1)CN1CCCC1. The summed E-state index contributed by atoms with van der Waals surface area (Å²) in [6.45, 7) is 6.25. The molecule has 0 spiro atoms. The van der Waals surface area contributed by atoms with Crippen LogP contribution < -0.4 is 9.47 Å². The Morgan fingerprint density at radius 3 is 1.38 bits per heavy atom. The second-order valence-electron chi connectivity index (χ2n) is 7.42. The summed E-state index contributed by atoms with van der Waals surface area (Å²) in [5, 5.41) is 20.1. The van der Waals surface area contributed by atoms with E-state index in [-0.39, 0.29) is 0 Å². The molecule has 2 atom stereocenters. The number of hydrogen-bond acceptors (Lipinski definition) is 6. The van der Waals surface area contributed by atoms with E-state index in [4.69, 9.17) is 9.47 Å². The van der Waals surface area contributed by atoms with Gasteiger partial charge in [-0.05, 0) is 76.1 Å². The molecule has 2 aliphatic heterocycles. The van der Waals surface area contributed by atoms with E-state index in [1.165, 1.54) is 25.7 Å². The summed E-state index contributed by atoms with van der Waals surface area (Å²) in [5.41, 5.74) is 0.